The molecule has 0 N–H and O–H groups in total. The normalized spacial score (nSPS) is 27.9. The van der Waals surface area contributed by atoms with Crippen LogP contribution in [-0.4, -0.2) is 53.2 Å². The standard InChI is InChI=1S/C14H21N3O2S/c1-11-15-12(9-20-11)8-17-6-3-4-14(5-7-17)10-16(2)13(18)19-14/h9H,3-8,10H2,1-2H3/t14-/m1/s1. The van der Waals surface area contributed by atoms with E-state index < -0.39 is 0 Å². The lowest BCUT2D eigenvalue weighted by Crippen LogP contribution is -2.35. The Kier molecular flexibility index (Phi) is 3.69. The number of hydrogen-bond acceptors (Lipinski definition) is 5. The van der Waals surface area contributed by atoms with Crippen LogP contribution < -0.4 is 0 Å². The average molecular weight is 295 g/mol. The smallest absolute Gasteiger partial charge is 0.410 e. The number of hydrogen-bond donors (Lipinski definition) is 0. The number of ether oxygens (including phenoxy) is 1. The third kappa shape index (κ3) is 2.81. The second kappa shape index (κ2) is 5.33. The summed E-state index contributed by atoms with van der Waals surface area (Å²) < 4.78 is 5.63. The topological polar surface area (TPSA) is 45.7 Å². The molecule has 2 aliphatic heterocycles. The van der Waals surface area contributed by atoms with E-state index in [0.29, 0.717) is 0 Å². The highest BCUT2D eigenvalue weighted by Gasteiger charge is 2.44. The van der Waals surface area contributed by atoms with Crippen molar-refractivity contribution in [1.29, 1.82) is 0 Å². The lowest BCUT2D eigenvalue weighted by molar-refractivity contribution is 0.0442. The molecule has 0 unspecified atom stereocenters. The molecule has 6 heteroatoms. The largest absolute Gasteiger partial charge is 0.441 e. The van der Waals surface area contributed by atoms with Crippen molar-refractivity contribution in [1.82, 2.24) is 14.8 Å². The molecule has 1 atom stereocenters. The maximum absolute atomic E-state index is 11.6. The summed E-state index contributed by atoms with van der Waals surface area (Å²) in [6.45, 7) is 5.70. The highest BCUT2D eigenvalue weighted by molar-refractivity contribution is 7.09. The number of thiazole rings is 1. The van der Waals surface area contributed by atoms with Crippen molar-refractivity contribution in [2.24, 2.45) is 0 Å². The van der Waals surface area contributed by atoms with E-state index in [2.05, 4.69) is 15.3 Å². The minimum Gasteiger partial charge on any atom is -0.441 e. The van der Waals surface area contributed by atoms with E-state index in [1.165, 1.54) is 0 Å². The fourth-order valence-electron chi connectivity index (χ4n) is 3.14. The summed E-state index contributed by atoms with van der Waals surface area (Å²) in [6, 6.07) is 0. The van der Waals surface area contributed by atoms with E-state index in [1.807, 2.05) is 14.0 Å². The number of carbonyl (C=O) groups is 1. The molecule has 110 valence electrons. The Hall–Kier alpha value is -1.14. The van der Waals surface area contributed by atoms with Crippen LogP contribution in [0.25, 0.3) is 0 Å². The number of carbonyl (C=O) groups excluding carboxylic acids is 1. The molecular formula is C14H21N3O2S. The van der Waals surface area contributed by atoms with E-state index >= 15 is 0 Å². The Bertz CT molecular complexity index is 504. The van der Waals surface area contributed by atoms with Crippen LogP contribution in [0.4, 0.5) is 4.79 Å². The van der Waals surface area contributed by atoms with Crippen molar-refractivity contribution in [2.75, 3.05) is 26.7 Å². The van der Waals surface area contributed by atoms with Gasteiger partial charge in [-0.15, -0.1) is 11.3 Å². The van der Waals surface area contributed by atoms with Crippen LogP contribution in [0.5, 0.6) is 0 Å². The second-order valence-corrected chi connectivity index (χ2v) is 6.96. The lowest BCUT2D eigenvalue weighted by Gasteiger charge is -2.25. The molecule has 0 bridgehead atoms. The van der Waals surface area contributed by atoms with E-state index in [4.69, 9.17) is 4.74 Å². The molecule has 3 heterocycles. The third-order valence-electron chi connectivity index (χ3n) is 4.18. The fraction of sp³-hybridized carbons (Fsp3) is 0.714. The van der Waals surface area contributed by atoms with Gasteiger partial charge in [-0.2, -0.15) is 0 Å². The van der Waals surface area contributed by atoms with Gasteiger partial charge in [0.05, 0.1) is 17.2 Å². The highest BCUT2D eigenvalue weighted by Crippen LogP contribution is 2.32. The second-order valence-electron chi connectivity index (χ2n) is 5.89. The van der Waals surface area contributed by atoms with Gasteiger partial charge in [0.1, 0.15) is 5.60 Å². The van der Waals surface area contributed by atoms with Crippen LogP contribution in [0.15, 0.2) is 5.38 Å². The van der Waals surface area contributed by atoms with Crippen molar-refractivity contribution in [2.45, 2.75) is 38.3 Å². The number of nitrogens with zero attached hydrogens (tertiary/aromatic N) is 3. The van der Waals surface area contributed by atoms with Gasteiger partial charge in [0, 0.05) is 31.9 Å². The molecular weight excluding hydrogens is 274 g/mol. The molecule has 5 nitrogen and oxygen atoms in total. The van der Waals surface area contributed by atoms with Crippen molar-refractivity contribution in [3.63, 3.8) is 0 Å². The number of aryl methyl sites for hydroxylation is 1. The molecule has 20 heavy (non-hydrogen) atoms. The molecule has 0 aliphatic carbocycles. The molecule has 0 saturated carbocycles. The van der Waals surface area contributed by atoms with Crippen molar-refractivity contribution >= 4 is 17.4 Å². The lowest BCUT2D eigenvalue weighted by atomic mass is 9.95. The minimum absolute atomic E-state index is 0.173. The van der Waals surface area contributed by atoms with Gasteiger partial charge in [-0.1, -0.05) is 0 Å². The van der Waals surface area contributed by atoms with Crippen LogP contribution in [0.2, 0.25) is 0 Å². The van der Waals surface area contributed by atoms with Crippen molar-refractivity contribution in [3.8, 4) is 0 Å². The quantitative estimate of drug-likeness (QED) is 0.839. The molecule has 2 fully saturated rings. The summed E-state index contributed by atoms with van der Waals surface area (Å²) in [6.07, 6.45) is 2.79. The number of amides is 1. The third-order valence-corrected chi connectivity index (χ3v) is 5.01. The fourth-order valence-corrected chi connectivity index (χ4v) is 3.75. The Morgan fingerprint density at radius 3 is 2.95 bits per heavy atom. The summed E-state index contributed by atoms with van der Waals surface area (Å²) in [5, 5.41) is 3.26. The summed E-state index contributed by atoms with van der Waals surface area (Å²) in [5.41, 5.74) is 0.905. The Morgan fingerprint density at radius 1 is 1.45 bits per heavy atom. The van der Waals surface area contributed by atoms with Crippen LogP contribution in [0.3, 0.4) is 0 Å². The molecule has 2 saturated heterocycles. The molecule has 0 aromatic carbocycles. The summed E-state index contributed by atoms with van der Waals surface area (Å²) in [5.74, 6) is 0. The molecule has 1 aromatic rings. The first-order chi connectivity index (χ1) is 9.56. The highest BCUT2D eigenvalue weighted by atomic mass is 32.1. The first-order valence-electron chi connectivity index (χ1n) is 7.14. The zero-order valence-corrected chi connectivity index (χ0v) is 12.9. The molecule has 0 radical (unpaired) electrons. The van der Waals surface area contributed by atoms with Gasteiger partial charge in [-0.3, -0.25) is 4.90 Å². The number of aromatic nitrogens is 1. The van der Waals surface area contributed by atoms with Gasteiger partial charge in [0.15, 0.2) is 0 Å². The van der Waals surface area contributed by atoms with E-state index in [-0.39, 0.29) is 11.7 Å². The minimum atomic E-state index is -0.251. The molecule has 1 amide bonds. The van der Waals surface area contributed by atoms with E-state index in [1.54, 1.807) is 16.2 Å². The SMILES string of the molecule is Cc1nc(CN2CCC[C@@]3(CC2)CN(C)C(=O)O3)cs1. The van der Waals surface area contributed by atoms with Crippen LogP contribution in [0, 0.1) is 6.92 Å². The maximum atomic E-state index is 11.6. The van der Waals surface area contributed by atoms with Crippen LogP contribution in [0.1, 0.15) is 30.0 Å². The van der Waals surface area contributed by atoms with Crippen molar-refractivity contribution < 1.29 is 9.53 Å². The summed E-state index contributed by atoms with van der Waals surface area (Å²) in [4.78, 5) is 20.3. The van der Waals surface area contributed by atoms with Gasteiger partial charge in [-0.05, 0) is 26.3 Å². The predicted molar refractivity (Wildman–Crippen MR) is 77.8 cm³/mol. The Labute approximate surface area is 123 Å². The van der Waals surface area contributed by atoms with Crippen LogP contribution in [-0.2, 0) is 11.3 Å². The molecule has 3 rings (SSSR count). The van der Waals surface area contributed by atoms with Gasteiger partial charge >= 0.3 is 6.09 Å². The monoisotopic (exact) mass is 295 g/mol. The Balaban J connectivity index is 1.61. The molecule has 1 spiro atoms. The molecule has 1 aromatic heterocycles. The van der Waals surface area contributed by atoms with Crippen molar-refractivity contribution in [3.05, 3.63) is 16.1 Å². The predicted octanol–water partition coefficient (Wildman–Crippen LogP) is 2.26. The van der Waals surface area contributed by atoms with Crippen LogP contribution >= 0.6 is 11.3 Å². The Morgan fingerprint density at radius 2 is 2.30 bits per heavy atom. The maximum Gasteiger partial charge on any atom is 0.410 e. The summed E-state index contributed by atoms with van der Waals surface area (Å²) >= 11 is 1.70. The van der Waals surface area contributed by atoms with Gasteiger partial charge in [0.2, 0.25) is 0 Å². The number of likely N-dealkylation sites (N-methyl/N-ethyl adjacent to an activating group) is 1. The van der Waals surface area contributed by atoms with Gasteiger partial charge in [-0.25, -0.2) is 9.78 Å². The summed E-state index contributed by atoms with van der Waals surface area (Å²) in [7, 11) is 1.82. The first-order valence-corrected chi connectivity index (χ1v) is 8.02. The number of rotatable bonds is 2. The molecule has 2 aliphatic rings. The van der Waals surface area contributed by atoms with E-state index in [9.17, 15) is 4.79 Å². The van der Waals surface area contributed by atoms with Gasteiger partial charge < -0.3 is 9.64 Å². The zero-order chi connectivity index (χ0) is 14.2. The first kappa shape index (κ1) is 13.8. The van der Waals surface area contributed by atoms with E-state index in [0.717, 1.165) is 56.1 Å². The van der Waals surface area contributed by atoms with Gasteiger partial charge in [0.25, 0.3) is 0 Å². The average Bonchev–Trinajstić information content (AvgIpc) is 2.84. The zero-order valence-electron chi connectivity index (χ0n) is 12.1. The number of likely N-dealkylation sites (tertiary alicyclic amines) is 1.